The van der Waals surface area contributed by atoms with E-state index >= 15 is 0 Å². The predicted molar refractivity (Wildman–Crippen MR) is 67.0 cm³/mol. The first-order chi connectivity index (χ1) is 8.58. The second-order valence-corrected chi connectivity index (χ2v) is 5.75. The molecule has 0 aliphatic carbocycles. The second kappa shape index (κ2) is 5.82. The largest absolute Gasteiger partial charge is 0.491 e. The van der Waals surface area contributed by atoms with Crippen LogP contribution in [0.5, 0.6) is 5.75 Å². The summed E-state index contributed by atoms with van der Waals surface area (Å²) in [6, 6.07) is 4.44. The fraction of sp³-hybridized carbons (Fsp3) is 0.571. The summed E-state index contributed by atoms with van der Waals surface area (Å²) >= 11 is 0. The Morgan fingerprint density at radius 3 is 2.05 bits per heavy atom. The number of hydrogen-bond acceptors (Lipinski definition) is 2. The Morgan fingerprint density at radius 1 is 1.11 bits per heavy atom. The second-order valence-electron chi connectivity index (χ2n) is 5.75. The molecule has 0 heterocycles. The summed E-state index contributed by atoms with van der Waals surface area (Å²) in [6.45, 7) is 6.06. The van der Waals surface area contributed by atoms with Crippen molar-refractivity contribution in [3.8, 4) is 5.75 Å². The highest BCUT2D eigenvalue weighted by Gasteiger charge is 2.30. The molecule has 1 unspecified atom stereocenters. The molecule has 0 saturated carbocycles. The number of hydrogen-bond donors (Lipinski definition) is 1. The first-order valence-electron chi connectivity index (χ1n) is 6.06. The molecule has 0 aliphatic rings. The van der Waals surface area contributed by atoms with Crippen molar-refractivity contribution >= 4 is 0 Å². The van der Waals surface area contributed by atoms with Crippen molar-refractivity contribution in [1.82, 2.24) is 0 Å². The van der Waals surface area contributed by atoms with E-state index in [2.05, 4.69) is 0 Å². The maximum Gasteiger partial charge on any atom is 0.416 e. The Hall–Kier alpha value is -1.23. The highest BCUT2D eigenvalue weighted by Crippen LogP contribution is 2.30. The van der Waals surface area contributed by atoms with Gasteiger partial charge in [-0.2, -0.15) is 13.2 Å². The van der Waals surface area contributed by atoms with E-state index in [0.29, 0.717) is 12.2 Å². The van der Waals surface area contributed by atoms with Gasteiger partial charge in [0.25, 0.3) is 0 Å². The number of ether oxygens (including phenoxy) is 1. The molecule has 0 aliphatic heterocycles. The van der Waals surface area contributed by atoms with Crippen molar-refractivity contribution in [3.63, 3.8) is 0 Å². The number of aliphatic hydroxyl groups excluding tert-OH is 1. The van der Waals surface area contributed by atoms with Gasteiger partial charge in [0.2, 0.25) is 0 Å². The zero-order valence-corrected chi connectivity index (χ0v) is 11.3. The van der Waals surface area contributed by atoms with Crippen LogP contribution in [0.4, 0.5) is 13.2 Å². The fourth-order valence-electron chi connectivity index (χ4n) is 1.70. The third-order valence-electron chi connectivity index (χ3n) is 2.47. The van der Waals surface area contributed by atoms with E-state index in [9.17, 15) is 18.3 Å². The molecule has 1 rings (SSSR count). The van der Waals surface area contributed by atoms with E-state index in [-0.39, 0.29) is 12.0 Å². The van der Waals surface area contributed by atoms with E-state index in [1.807, 2.05) is 20.8 Å². The first-order valence-corrected chi connectivity index (χ1v) is 6.06. The topological polar surface area (TPSA) is 29.5 Å². The van der Waals surface area contributed by atoms with Gasteiger partial charge in [-0.05, 0) is 36.1 Å². The quantitative estimate of drug-likeness (QED) is 0.904. The monoisotopic (exact) mass is 276 g/mol. The van der Waals surface area contributed by atoms with Gasteiger partial charge >= 0.3 is 6.18 Å². The van der Waals surface area contributed by atoms with Gasteiger partial charge in [0, 0.05) is 0 Å². The lowest BCUT2D eigenvalue weighted by Crippen LogP contribution is -2.23. The molecule has 108 valence electrons. The zero-order valence-electron chi connectivity index (χ0n) is 11.3. The number of alkyl halides is 3. The Balaban J connectivity index is 2.51. The van der Waals surface area contributed by atoms with Crippen molar-refractivity contribution in [2.75, 3.05) is 6.61 Å². The third-order valence-corrected chi connectivity index (χ3v) is 2.47. The van der Waals surface area contributed by atoms with Crippen LogP contribution in [0.3, 0.4) is 0 Å². The molecular formula is C14H19F3O2. The van der Waals surface area contributed by atoms with Crippen LogP contribution in [-0.4, -0.2) is 17.8 Å². The van der Waals surface area contributed by atoms with Crippen LogP contribution in [-0.2, 0) is 6.18 Å². The summed E-state index contributed by atoms with van der Waals surface area (Å²) in [5.74, 6) is 0.320. The average molecular weight is 276 g/mol. The van der Waals surface area contributed by atoms with Gasteiger partial charge in [-0.3, -0.25) is 0 Å². The summed E-state index contributed by atoms with van der Waals surface area (Å²) in [5, 5.41) is 9.72. The summed E-state index contributed by atoms with van der Waals surface area (Å²) in [6.07, 6.45) is -4.42. The van der Waals surface area contributed by atoms with Crippen LogP contribution in [0.2, 0.25) is 0 Å². The van der Waals surface area contributed by atoms with Gasteiger partial charge in [-0.15, -0.1) is 0 Å². The first kappa shape index (κ1) is 15.8. The van der Waals surface area contributed by atoms with Crippen LogP contribution < -0.4 is 4.74 Å². The SMILES string of the molecule is CC(C)(C)CC(O)COc1ccc(C(F)(F)F)cc1. The van der Waals surface area contributed by atoms with Crippen molar-refractivity contribution in [1.29, 1.82) is 0 Å². The highest BCUT2D eigenvalue weighted by molar-refractivity contribution is 5.28. The van der Waals surface area contributed by atoms with Crippen molar-refractivity contribution in [2.45, 2.75) is 39.5 Å². The lowest BCUT2D eigenvalue weighted by atomic mass is 9.89. The predicted octanol–water partition coefficient (Wildman–Crippen LogP) is 3.88. The molecule has 1 aromatic rings. The standard InChI is InChI=1S/C14H19F3O2/c1-13(2,3)8-11(18)9-19-12-6-4-10(5-7-12)14(15,16)17/h4-7,11,18H,8-9H2,1-3H3. The molecule has 0 saturated heterocycles. The molecule has 0 fully saturated rings. The molecule has 5 heteroatoms. The Bertz CT molecular complexity index is 391. The summed E-state index contributed by atoms with van der Waals surface area (Å²) in [7, 11) is 0. The van der Waals surface area contributed by atoms with Crippen molar-refractivity contribution in [3.05, 3.63) is 29.8 Å². The zero-order chi connectivity index (χ0) is 14.7. The molecule has 19 heavy (non-hydrogen) atoms. The molecule has 1 aromatic carbocycles. The van der Waals surface area contributed by atoms with E-state index in [1.165, 1.54) is 12.1 Å². The molecule has 0 amide bonds. The maximum atomic E-state index is 12.3. The third kappa shape index (κ3) is 5.96. The smallest absolute Gasteiger partial charge is 0.416 e. The van der Waals surface area contributed by atoms with Gasteiger partial charge in [0.1, 0.15) is 12.4 Å². The minimum absolute atomic E-state index is 0.0249. The van der Waals surface area contributed by atoms with Crippen LogP contribution in [0.15, 0.2) is 24.3 Å². The summed E-state index contributed by atoms with van der Waals surface area (Å²) in [4.78, 5) is 0. The normalized spacial score (nSPS) is 14.3. The van der Waals surface area contributed by atoms with E-state index < -0.39 is 17.8 Å². The van der Waals surface area contributed by atoms with Gasteiger partial charge in [0.15, 0.2) is 0 Å². The van der Waals surface area contributed by atoms with Gasteiger partial charge in [-0.25, -0.2) is 0 Å². The minimum atomic E-state index is -4.34. The fourth-order valence-corrected chi connectivity index (χ4v) is 1.70. The minimum Gasteiger partial charge on any atom is -0.491 e. The molecule has 0 radical (unpaired) electrons. The highest BCUT2D eigenvalue weighted by atomic mass is 19.4. The van der Waals surface area contributed by atoms with Crippen LogP contribution >= 0.6 is 0 Å². The van der Waals surface area contributed by atoms with E-state index in [4.69, 9.17) is 4.74 Å². The van der Waals surface area contributed by atoms with E-state index in [0.717, 1.165) is 12.1 Å². The molecular weight excluding hydrogens is 257 g/mol. The van der Waals surface area contributed by atoms with Gasteiger partial charge < -0.3 is 9.84 Å². The van der Waals surface area contributed by atoms with Gasteiger partial charge in [0.05, 0.1) is 11.7 Å². The molecule has 1 N–H and O–H groups in total. The number of aliphatic hydroxyl groups is 1. The number of halogens is 3. The molecule has 0 bridgehead atoms. The Kier molecular flexibility index (Phi) is 4.85. The lowest BCUT2D eigenvalue weighted by Gasteiger charge is -2.22. The van der Waals surface area contributed by atoms with Crippen molar-refractivity contribution < 1.29 is 23.0 Å². The van der Waals surface area contributed by atoms with Crippen LogP contribution in [0.25, 0.3) is 0 Å². The Labute approximate surface area is 111 Å². The van der Waals surface area contributed by atoms with Crippen LogP contribution in [0.1, 0.15) is 32.8 Å². The Morgan fingerprint density at radius 2 is 1.63 bits per heavy atom. The lowest BCUT2D eigenvalue weighted by molar-refractivity contribution is -0.137. The summed E-state index contributed by atoms with van der Waals surface area (Å²) < 4.78 is 42.3. The molecule has 0 spiro atoms. The van der Waals surface area contributed by atoms with Gasteiger partial charge in [-0.1, -0.05) is 20.8 Å². The summed E-state index contributed by atoms with van der Waals surface area (Å²) in [5.41, 5.74) is -0.738. The molecule has 0 aromatic heterocycles. The maximum absolute atomic E-state index is 12.3. The number of benzene rings is 1. The molecule has 2 nitrogen and oxygen atoms in total. The van der Waals surface area contributed by atoms with Crippen molar-refractivity contribution in [2.24, 2.45) is 5.41 Å². The van der Waals surface area contributed by atoms with E-state index in [1.54, 1.807) is 0 Å². The number of rotatable bonds is 4. The molecule has 1 atom stereocenters. The van der Waals surface area contributed by atoms with Crippen LogP contribution in [0, 0.1) is 5.41 Å². The average Bonchev–Trinajstić information content (AvgIpc) is 2.23.